The SMILES string of the molecule is Nc1ccc(-c2cnn(Cc3cc(F)cc(F)c3)c2)cc1. The molecule has 106 valence electrons. The largest absolute Gasteiger partial charge is 0.399 e. The maximum Gasteiger partial charge on any atom is 0.126 e. The Hall–Kier alpha value is -2.69. The van der Waals surface area contributed by atoms with Crippen molar-refractivity contribution in [3.63, 3.8) is 0 Å². The minimum Gasteiger partial charge on any atom is -0.399 e. The van der Waals surface area contributed by atoms with Gasteiger partial charge in [0, 0.05) is 23.5 Å². The van der Waals surface area contributed by atoms with E-state index in [0.717, 1.165) is 17.2 Å². The van der Waals surface area contributed by atoms with E-state index in [4.69, 9.17) is 5.73 Å². The van der Waals surface area contributed by atoms with Crippen LogP contribution in [0.25, 0.3) is 11.1 Å². The average molecular weight is 285 g/mol. The Kier molecular flexibility index (Phi) is 3.39. The van der Waals surface area contributed by atoms with Gasteiger partial charge in [0.15, 0.2) is 0 Å². The second-order valence-corrected chi connectivity index (χ2v) is 4.83. The van der Waals surface area contributed by atoms with Crippen molar-refractivity contribution in [2.75, 3.05) is 5.73 Å². The molecule has 0 amide bonds. The third kappa shape index (κ3) is 3.08. The first-order chi connectivity index (χ1) is 10.1. The molecule has 0 unspecified atom stereocenters. The fourth-order valence-electron chi connectivity index (χ4n) is 2.16. The Morgan fingerprint density at radius 3 is 2.29 bits per heavy atom. The molecular weight excluding hydrogens is 272 g/mol. The van der Waals surface area contributed by atoms with Gasteiger partial charge in [-0.15, -0.1) is 0 Å². The summed E-state index contributed by atoms with van der Waals surface area (Å²) < 4.78 is 28.0. The monoisotopic (exact) mass is 285 g/mol. The fourth-order valence-corrected chi connectivity index (χ4v) is 2.16. The minimum absolute atomic E-state index is 0.309. The first-order valence-corrected chi connectivity index (χ1v) is 6.43. The van der Waals surface area contributed by atoms with Crippen molar-refractivity contribution in [3.8, 4) is 11.1 Å². The summed E-state index contributed by atoms with van der Waals surface area (Å²) in [6.45, 7) is 0.309. The van der Waals surface area contributed by atoms with Crippen molar-refractivity contribution in [2.24, 2.45) is 0 Å². The molecule has 2 aromatic carbocycles. The first-order valence-electron chi connectivity index (χ1n) is 6.43. The third-order valence-corrected chi connectivity index (χ3v) is 3.14. The van der Waals surface area contributed by atoms with Crippen molar-refractivity contribution in [3.05, 3.63) is 72.1 Å². The molecule has 0 bridgehead atoms. The van der Waals surface area contributed by atoms with E-state index in [9.17, 15) is 8.78 Å². The number of nitrogens with two attached hydrogens (primary N) is 1. The summed E-state index contributed by atoms with van der Waals surface area (Å²) in [5.41, 5.74) is 8.78. The molecule has 0 spiro atoms. The van der Waals surface area contributed by atoms with Crippen molar-refractivity contribution >= 4 is 5.69 Å². The Morgan fingerprint density at radius 2 is 1.62 bits per heavy atom. The Morgan fingerprint density at radius 1 is 0.952 bits per heavy atom. The normalized spacial score (nSPS) is 10.8. The smallest absolute Gasteiger partial charge is 0.126 e. The molecule has 1 aromatic heterocycles. The molecule has 0 fully saturated rings. The maximum atomic E-state index is 13.2. The van der Waals surface area contributed by atoms with Crippen LogP contribution < -0.4 is 5.73 Å². The minimum atomic E-state index is -0.587. The lowest BCUT2D eigenvalue weighted by Gasteiger charge is -2.02. The van der Waals surface area contributed by atoms with Crippen LogP contribution in [-0.4, -0.2) is 9.78 Å². The van der Waals surface area contributed by atoms with Gasteiger partial charge in [0.25, 0.3) is 0 Å². The van der Waals surface area contributed by atoms with Crippen LogP contribution in [0.1, 0.15) is 5.56 Å². The quantitative estimate of drug-likeness (QED) is 0.749. The highest BCUT2D eigenvalue weighted by Crippen LogP contribution is 2.20. The van der Waals surface area contributed by atoms with Crippen molar-refractivity contribution in [1.82, 2.24) is 9.78 Å². The molecule has 3 rings (SSSR count). The number of halogens is 2. The van der Waals surface area contributed by atoms with Gasteiger partial charge in [-0.25, -0.2) is 8.78 Å². The molecule has 0 saturated heterocycles. The molecule has 0 aliphatic carbocycles. The van der Waals surface area contributed by atoms with Gasteiger partial charge in [-0.3, -0.25) is 4.68 Å². The predicted octanol–water partition coefficient (Wildman–Crippen LogP) is 3.46. The van der Waals surface area contributed by atoms with Gasteiger partial charge >= 0.3 is 0 Å². The zero-order chi connectivity index (χ0) is 14.8. The summed E-state index contributed by atoms with van der Waals surface area (Å²) in [5.74, 6) is -1.17. The molecular formula is C16H13F2N3. The number of anilines is 1. The highest BCUT2D eigenvalue weighted by Gasteiger charge is 2.05. The van der Waals surface area contributed by atoms with Gasteiger partial charge in [-0.2, -0.15) is 5.10 Å². The van der Waals surface area contributed by atoms with Crippen LogP contribution in [0.5, 0.6) is 0 Å². The van der Waals surface area contributed by atoms with Crippen LogP contribution in [0.2, 0.25) is 0 Å². The lowest BCUT2D eigenvalue weighted by atomic mass is 10.1. The lowest BCUT2D eigenvalue weighted by molar-refractivity contribution is 0.574. The zero-order valence-corrected chi connectivity index (χ0v) is 11.1. The van der Waals surface area contributed by atoms with E-state index in [-0.39, 0.29) is 0 Å². The highest BCUT2D eigenvalue weighted by atomic mass is 19.1. The highest BCUT2D eigenvalue weighted by molar-refractivity contribution is 5.63. The number of hydrogen-bond acceptors (Lipinski definition) is 2. The van der Waals surface area contributed by atoms with Gasteiger partial charge in [-0.1, -0.05) is 12.1 Å². The molecule has 1 heterocycles. The van der Waals surface area contributed by atoms with Crippen LogP contribution in [-0.2, 0) is 6.54 Å². The summed E-state index contributed by atoms with van der Waals surface area (Å²) in [4.78, 5) is 0. The Balaban J connectivity index is 1.83. The van der Waals surface area contributed by atoms with Crippen molar-refractivity contribution in [2.45, 2.75) is 6.54 Å². The summed E-state index contributed by atoms with van der Waals surface area (Å²) in [7, 11) is 0. The number of hydrogen-bond donors (Lipinski definition) is 1. The van der Waals surface area contributed by atoms with Gasteiger partial charge < -0.3 is 5.73 Å². The number of aromatic nitrogens is 2. The van der Waals surface area contributed by atoms with Crippen LogP contribution in [0.3, 0.4) is 0 Å². The van der Waals surface area contributed by atoms with Gasteiger partial charge in [0.05, 0.1) is 12.7 Å². The zero-order valence-electron chi connectivity index (χ0n) is 11.1. The first kappa shape index (κ1) is 13.3. The van der Waals surface area contributed by atoms with E-state index in [1.807, 2.05) is 30.5 Å². The molecule has 21 heavy (non-hydrogen) atoms. The maximum absolute atomic E-state index is 13.2. The van der Waals surface area contributed by atoms with Gasteiger partial charge in [0.1, 0.15) is 11.6 Å². The summed E-state index contributed by atoms with van der Waals surface area (Å²) in [5, 5.41) is 4.21. The topological polar surface area (TPSA) is 43.8 Å². The Labute approximate surface area is 120 Å². The van der Waals surface area contributed by atoms with E-state index in [1.54, 1.807) is 10.9 Å². The number of nitrogen functional groups attached to an aromatic ring is 1. The lowest BCUT2D eigenvalue weighted by Crippen LogP contribution is -2.00. The molecule has 2 N–H and O–H groups in total. The van der Waals surface area contributed by atoms with Gasteiger partial charge in [0.2, 0.25) is 0 Å². The van der Waals surface area contributed by atoms with Crippen LogP contribution in [0.15, 0.2) is 54.9 Å². The van der Waals surface area contributed by atoms with E-state index >= 15 is 0 Å². The molecule has 0 aliphatic heterocycles. The van der Waals surface area contributed by atoms with Crippen LogP contribution in [0.4, 0.5) is 14.5 Å². The van der Waals surface area contributed by atoms with Crippen molar-refractivity contribution in [1.29, 1.82) is 0 Å². The van der Waals surface area contributed by atoms with Crippen molar-refractivity contribution < 1.29 is 8.78 Å². The van der Waals surface area contributed by atoms with Crippen LogP contribution >= 0.6 is 0 Å². The number of rotatable bonds is 3. The standard InChI is InChI=1S/C16H13F2N3/c17-14-5-11(6-15(18)7-14)9-21-10-13(8-20-21)12-1-3-16(19)4-2-12/h1-8,10H,9,19H2. The number of benzene rings is 2. The molecule has 3 aromatic rings. The molecule has 3 nitrogen and oxygen atoms in total. The fraction of sp³-hybridized carbons (Fsp3) is 0.0625. The second kappa shape index (κ2) is 5.36. The number of nitrogens with zero attached hydrogens (tertiary/aromatic N) is 2. The van der Waals surface area contributed by atoms with Crippen LogP contribution in [0, 0.1) is 11.6 Å². The van der Waals surface area contributed by atoms with E-state index in [0.29, 0.717) is 17.8 Å². The van der Waals surface area contributed by atoms with Gasteiger partial charge in [-0.05, 0) is 35.4 Å². The average Bonchev–Trinajstić information content (AvgIpc) is 2.87. The molecule has 0 atom stereocenters. The molecule has 5 heteroatoms. The molecule has 0 saturated carbocycles. The Bertz CT molecular complexity index is 743. The second-order valence-electron chi connectivity index (χ2n) is 4.83. The molecule has 0 aliphatic rings. The molecule has 0 radical (unpaired) electrons. The third-order valence-electron chi connectivity index (χ3n) is 3.14. The summed E-state index contributed by atoms with van der Waals surface area (Å²) in [6.07, 6.45) is 3.54. The predicted molar refractivity (Wildman–Crippen MR) is 77.5 cm³/mol. The summed E-state index contributed by atoms with van der Waals surface area (Å²) in [6, 6.07) is 10.9. The summed E-state index contributed by atoms with van der Waals surface area (Å²) >= 11 is 0. The van der Waals surface area contributed by atoms with E-state index in [1.165, 1.54) is 12.1 Å². The van der Waals surface area contributed by atoms with E-state index < -0.39 is 11.6 Å². The van der Waals surface area contributed by atoms with E-state index in [2.05, 4.69) is 5.10 Å².